The minimum Gasteiger partial charge on any atom is -0.392 e. The first kappa shape index (κ1) is 8.97. The average Bonchev–Trinajstić information content (AvgIpc) is 2.03. The zero-order valence-electron chi connectivity index (χ0n) is 7.05. The number of hydrogen-bond acceptors (Lipinski definition) is 3. The number of rotatable bonds is 3. The van der Waals surface area contributed by atoms with Crippen LogP contribution in [0.25, 0.3) is 0 Å². The summed E-state index contributed by atoms with van der Waals surface area (Å²) in [5, 5.41) is 12.8. The van der Waals surface area contributed by atoms with E-state index in [9.17, 15) is 5.11 Å². The van der Waals surface area contributed by atoms with E-state index in [1.165, 1.54) is 0 Å². The normalized spacial score (nSPS) is 32.2. The van der Waals surface area contributed by atoms with Gasteiger partial charge in [-0.15, -0.1) is 0 Å². The molecular weight excluding hydrogens is 142 g/mol. The van der Waals surface area contributed by atoms with Gasteiger partial charge in [-0.2, -0.15) is 0 Å². The molecule has 1 aliphatic heterocycles. The second-order valence-electron chi connectivity index (χ2n) is 3.05. The van der Waals surface area contributed by atoms with Gasteiger partial charge in [0.2, 0.25) is 0 Å². The van der Waals surface area contributed by atoms with Crippen LogP contribution in [0.1, 0.15) is 19.3 Å². The maximum Gasteiger partial charge on any atom is 0.0694 e. The smallest absolute Gasteiger partial charge is 0.0694 e. The van der Waals surface area contributed by atoms with E-state index in [1.54, 1.807) is 7.11 Å². The Hall–Kier alpha value is -0.120. The summed E-state index contributed by atoms with van der Waals surface area (Å²) in [7, 11) is 1.69. The SMILES string of the molecule is COCC[C@@H]1NCCC[C@@H]1O. The molecule has 3 nitrogen and oxygen atoms in total. The molecule has 0 aliphatic carbocycles. The van der Waals surface area contributed by atoms with Gasteiger partial charge in [0.25, 0.3) is 0 Å². The van der Waals surface area contributed by atoms with Gasteiger partial charge in [0.15, 0.2) is 0 Å². The Morgan fingerprint density at radius 1 is 1.64 bits per heavy atom. The van der Waals surface area contributed by atoms with E-state index in [2.05, 4.69) is 5.32 Å². The van der Waals surface area contributed by atoms with Crippen molar-refractivity contribution >= 4 is 0 Å². The van der Waals surface area contributed by atoms with Crippen LogP contribution in [0.4, 0.5) is 0 Å². The second-order valence-corrected chi connectivity index (χ2v) is 3.05. The molecule has 0 radical (unpaired) electrons. The summed E-state index contributed by atoms with van der Waals surface area (Å²) in [5.41, 5.74) is 0. The Morgan fingerprint density at radius 3 is 3.09 bits per heavy atom. The van der Waals surface area contributed by atoms with Crippen molar-refractivity contribution in [2.24, 2.45) is 0 Å². The van der Waals surface area contributed by atoms with E-state index >= 15 is 0 Å². The number of aliphatic hydroxyl groups excluding tert-OH is 1. The summed E-state index contributed by atoms with van der Waals surface area (Å²) in [6.45, 7) is 1.76. The van der Waals surface area contributed by atoms with Crippen LogP contribution in [0.2, 0.25) is 0 Å². The van der Waals surface area contributed by atoms with Crippen LogP contribution in [-0.4, -0.2) is 37.5 Å². The molecule has 0 aromatic rings. The monoisotopic (exact) mass is 159 g/mol. The highest BCUT2D eigenvalue weighted by Gasteiger charge is 2.21. The molecule has 1 aliphatic rings. The lowest BCUT2D eigenvalue weighted by atomic mass is 9.99. The van der Waals surface area contributed by atoms with Crippen molar-refractivity contribution in [1.82, 2.24) is 5.32 Å². The van der Waals surface area contributed by atoms with Gasteiger partial charge < -0.3 is 15.2 Å². The molecule has 1 fully saturated rings. The van der Waals surface area contributed by atoms with Gasteiger partial charge in [-0.25, -0.2) is 0 Å². The molecule has 3 heteroatoms. The predicted octanol–water partition coefficient (Wildman–Crippen LogP) is 0.136. The van der Waals surface area contributed by atoms with E-state index in [4.69, 9.17) is 4.74 Å². The third-order valence-corrected chi connectivity index (χ3v) is 2.18. The molecule has 1 rings (SSSR count). The summed E-state index contributed by atoms with van der Waals surface area (Å²) >= 11 is 0. The first-order chi connectivity index (χ1) is 5.34. The maximum atomic E-state index is 9.48. The summed E-state index contributed by atoms with van der Waals surface area (Å²) in [5.74, 6) is 0. The van der Waals surface area contributed by atoms with E-state index in [0.717, 1.165) is 32.4 Å². The fraction of sp³-hybridized carbons (Fsp3) is 1.00. The Morgan fingerprint density at radius 2 is 2.45 bits per heavy atom. The molecule has 0 aromatic carbocycles. The summed E-state index contributed by atoms with van der Waals surface area (Å²) in [6.07, 6.45) is 2.77. The molecular formula is C8H17NO2. The number of piperidine rings is 1. The molecule has 66 valence electrons. The standard InChI is InChI=1S/C8H17NO2/c1-11-6-4-7-8(10)3-2-5-9-7/h7-10H,2-6H2,1H3/t7-,8-/m0/s1. The van der Waals surface area contributed by atoms with Crippen LogP contribution in [0.3, 0.4) is 0 Å². The molecule has 0 spiro atoms. The van der Waals surface area contributed by atoms with Gasteiger partial charge in [-0.3, -0.25) is 0 Å². The Balaban J connectivity index is 2.18. The molecule has 1 saturated heterocycles. The first-order valence-electron chi connectivity index (χ1n) is 4.25. The topological polar surface area (TPSA) is 41.5 Å². The minimum absolute atomic E-state index is 0.168. The molecule has 0 saturated carbocycles. The average molecular weight is 159 g/mol. The van der Waals surface area contributed by atoms with Crippen molar-refractivity contribution in [2.45, 2.75) is 31.4 Å². The minimum atomic E-state index is -0.168. The van der Waals surface area contributed by atoms with Crippen molar-refractivity contribution < 1.29 is 9.84 Å². The van der Waals surface area contributed by atoms with E-state index in [-0.39, 0.29) is 12.1 Å². The van der Waals surface area contributed by atoms with Crippen molar-refractivity contribution in [3.8, 4) is 0 Å². The van der Waals surface area contributed by atoms with Gasteiger partial charge >= 0.3 is 0 Å². The zero-order valence-corrected chi connectivity index (χ0v) is 7.05. The molecule has 0 amide bonds. The van der Waals surface area contributed by atoms with E-state index in [0.29, 0.717) is 0 Å². The summed E-state index contributed by atoms with van der Waals surface area (Å²) < 4.78 is 4.94. The fourth-order valence-electron chi connectivity index (χ4n) is 1.48. The molecule has 2 N–H and O–H groups in total. The van der Waals surface area contributed by atoms with Crippen molar-refractivity contribution in [3.63, 3.8) is 0 Å². The quantitative estimate of drug-likeness (QED) is 0.615. The highest BCUT2D eigenvalue weighted by molar-refractivity contribution is 4.80. The van der Waals surface area contributed by atoms with Gasteiger partial charge in [-0.05, 0) is 25.8 Å². The Kier molecular flexibility index (Phi) is 3.83. The van der Waals surface area contributed by atoms with Crippen molar-refractivity contribution in [1.29, 1.82) is 0 Å². The van der Waals surface area contributed by atoms with Gasteiger partial charge in [-0.1, -0.05) is 0 Å². The third-order valence-electron chi connectivity index (χ3n) is 2.18. The highest BCUT2D eigenvalue weighted by atomic mass is 16.5. The van der Waals surface area contributed by atoms with Crippen LogP contribution in [0.15, 0.2) is 0 Å². The number of ether oxygens (including phenoxy) is 1. The van der Waals surface area contributed by atoms with Crippen LogP contribution >= 0.6 is 0 Å². The zero-order chi connectivity index (χ0) is 8.10. The van der Waals surface area contributed by atoms with Crippen molar-refractivity contribution in [2.75, 3.05) is 20.3 Å². The molecule has 11 heavy (non-hydrogen) atoms. The molecule has 2 atom stereocenters. The van der Waals surface area contributed by atoms with Crippen LogP contribution < -0.4 is 5.32 Å². The lowest BCUT2D eigenvalue weighted by molar-refractivity contribution is 0.0752. The van der Waals surface area contributed by atoms with Crippen LogP contribution in [-0.2, 0) is 4.74 Å². The molecule has 0 bridgehead atoms. The lowest BCUT2D eigenvalue weighted by Gasteiger charge is -2.28. The Labute approximate surface area is 67.7 Å². The molecule has 1 heterocycles. The van der Waals surface area contributed by atoms with E-state index < -0.39 is 0 Å². The number of methoxy groups -OCH3 is 1. The summed E-state index contributed by atoms with van der Waals surface area (Å²) in [6, 6.07) is 0.253. The van der Waals surface area contributed by atoms with Crippen molar-refractivity contribution in [3.05, 3.63) is 0 Å². The first-order valence-corrected chi connectivity index (χ1v) is 4.25. The molecule has 0 unspecified atom stereocenters. The lowest BCUT2D eigenvalue weighted by Crippen LogP contribution is -2.45. The number of aliphatic hydroxyl groups is 1. The number of nitrogens with one attached hydrogen (secondary N) is 1. The van der Waals surface area contributed by atoms with Gasteiger partial charge in [0, 0.05) is 19.8 Å². The predicted molar refractivity (Wildman–Crippen MR) is 43.5 cm³/mol. The second kappa shape index (κ2) is 4.70. The fourth-order valence-corrected chi connectivity index (χ4v) is 1.48. The highest BCUT2D eigenvalue weighted by Crippen LogP contribution is 2.10. The Bertz CT molecular complexity index is 108. The van der Waals surface area contributed by atoms with Crippen LogP contribution in [0, 0.1) is 0 Å². The largest absolute Gasteiger partial charge is 0.392 e. The van der Waals surface area contributed by atoms with Gasteiger partial charge in [0.1, 0.15) is 0 Å². The van der Waals surface area contributed by atoms with Crippen LogP contribution in [0.5, 0.6) is 0 Å². The summed E-state index contributed by atoms with van der Waals surface area (Å²) in [4.78, 5) is 0. The van der Waals surface area contributed by atoms with E-state index in [1.807, 2.05) is 0 Å². The maximum absolute atomic E-state index is 9.48. The molecule has 0 aromatic heterocycles. The number of hydrogen-bond donors (Lipinski definition) is 2. The third kappa shape index (κ3) is 2.77. The van der Waals surface area contributed by atoms with Gasteiger partial charge in [0.05, 0.1) is 6.10 Å².